The van der Waals surface area contributed by atoms with Gasteiger partial charge in [-0.25, -0.2) is 0 Å². The molecule has 1 aromatic carbocycles. The number of halogens is 2. The molecule has 1 nitrogen and oxygen atoms in total. The molecule has 0 spiro atoms. The van der Waals surface area contributed by atoms with Crippen LogP contribution in [0.25, 0.3) is 0 Å². The summed E-state index contributed by atoms with van der Waals surface area (Å²) in [5.41, 5.74) is 1.95. The minimum atomic E-state index is -0.665. The number of rotatable bonds is 2. The predicted octanol–water partition coefficient (Wildman–Crippen LogP) is 4.55. The van der Waals surface area contributed by atoms with Crippen molar-refractivity contribution in [3.63, 3.8) is 0 Å². The zero-order valence-electron chi connectivity index (χ0n) is 8.58. The van der Waals surface area contributed by atoms with Crippen molar-refractivity contribution in [2.24, 2.45) is 0 Å². The molecule has 0 aliphatic heterocycles. The van der Waals surface area contributed by atoms with Crippen molar-refractivity contribution in [3.8, 4) is 0 Å². The number of thiophene rings is 1. The molecule has 0 bridgehead atoms. The summed E-state index contributed by atoms with van der Waals surface area (Å²) in [6, 6.07) is 7.63. The van der Waals surface area contributed by atoms with Crippen molar-refractivity contribution in [2.75, 3.05) is 0 Å². The highest BCUT2D eigenvalue weighted by Crippen LogP contribution is 2.36. The lowest BCUT2D eigenvalue weighted by Crippen LogP contribution is -1.99. The molecule has 0 saturated heterocycles. The average molecular weight is 318 g/mol. The van der Waals surface area contributed by atoms with Gasteiger partial charge >= 0.3 is 0 Å². The third-order valence-electron chi connectivity index (χ3n) is 2.41. The SMILES string of the molecule is Cc1cccc(C(O)c2sccc2Cl)c1Br. The molecule has 2 aromatic rings. The standard InChI is InChI=1S/C12H10BrClOS/c1-7-3-2-4-8(10(7)13)11(15)12-9(14)5-6-16-12/h2-6,11,15H,1H3. The monoisotopic (exact) mass is 316 g/mol. The van der Waals surface area contributed by atoms with E-state index in [1.54, 1.807) is 6.07 Å². The van der Waals surface area contributed by atoms with E-state index in [-0.39, 0.29) is 0 Å². The van der Waals surface area contributed by atoms with E-state index in [4.69, 9.17) is 11.6 Å². The summed E-state index contributed by atoms with van der Waals surface area (Å²) in [7, 11) is 0. The summed E-state index contributed by atoms with van der Waals surface area (Å²) in [6.45, 7) is 2.00. The molecular weight excluding hydrogens is 308 g/mol. The molecule has 0 amide bonds. The Morgan fingerprint density at radius 2 is 2.12 bits per heavy atom. The van der Waals surface area contributed by atoms with E-state index in [2.05, 4.69) is 15.9 Å². The van der Waals surface area contributed by atoms with Gasteiger partial charge in [0.1, 0.15) is 6.10 Å². The number of hydrogen-bond acceptors (Lipinski definition) is 2. The molecule has 4 heteroatoms. The molecule has 1 heterocycles. The Hall–Kier alpha value is -0.350. The third kappa shape index (κ3) is 2.18. The van der Waals surface area contributed by atoms with Crippen molar-refractivity contribution >= 4 is 38.9 Å². The Balaban J connectivity index is 2.46. The summed E-state index contributed by atoms with van der Waals surface area (Å²) >= 11 is 11.0. The van der Waals surface area contributed by atoms with Crippen LogP contribution in [0.4, 0.5) is 0 Å². The van der Waals surface area contributed by atoms with Crippen LogP contribution in [0.2, 0.25) is 5.02 Å². The van der Waals surface area contributed by atoms with E-state index in [1.807, 2.05) is 30.5 Å². The van der Waals surface area contributed by atoms with Crippen molar-refractivity contribution in [2.45, 2.75) is 13.0 Å². The zero-order valence-corrected chi connectivity index (χ0v) is 11.7. The topological polar surface area (TPSA) is 20.2 Å². The third-order valence-corrected chi connectivity index (χ3v) is 4.90. The average Bonchev–Trinajstić information content (AvgIpc) is 2.68. The van der Waals surface area contributed by atoms with Gasteiger partial charge < -0.3 is 5.11 Å². The van der Waals surface area contributed by atoms with Crippen LogP contribution in [0.1, 0.15) is 22.1 Å². The molecule has 1 N–H and O–H groups in total. The minimum absolute atomic E-state index is 0.617. The molecule has 0 aliphatic rings. The highest BCUT2D eigenvalue weighted by Gasteiger charge is 2.18. The molecule has 84 valence electrons. The molecule has 1 unspecified atom stereocenters. The van der Waals surface area contributed by atoms with Gasteiger partial charge in [-0.2, -0.15) is 0 Å². The van der Waals surface area contributed by atoms with Gasteiger partial charge in [0.25, 0.3) is 0 Å². The van der Waals surface area contributed by atoms with Crippen LogP contribution in [-0.2, 0) is 0 Å². The normalized spacial score (nSPS) is 12.8. The Kier molecular flexibility index (Phi) is 3.70. The van der Waals surface area contributed by atoms with Crippen molar-refractivity contribution in [3.05, 3.63) is 55.1 Å². The van der Waals surface area contributed by atoms with Gasteiger partial charge in [0, 0.05) is 10.0 Å². The van der Waals surface area contributed by atoms with E-state index in [0.29, 0.717) is 5.02 Å². The molecule has 2 rings (SSSR count). The van der Waals surface area contributed by atoms with Gasteiger partial charge in [-0.3, -0.25) is 0 Å². The van der Waals surface area contributed by atoms with Gasteiger partial charge in [-0.15, -0.1) is 11.3 Å². The summed E-state index contributed by atoms with van der Waals surface area (Å²) in [5, 5.41) is 12.8. The van der Waals surface area contributed by atoms with Crippen LogP contribution in [0.5, 0.6) is 0 Å². The molecule has 0 fully saturated rings. The van der Waals surface area contributed by atoms with Gasteiger partial charge in [0.15, 0.2) is 0 Å². The highest BCUT2D eigenvalue weighted by molar-refractivity contribution is 9.10. The first kappa shape index (κ1) is 12.1. The second-order valence-corrected chi connectivity index (χ2v) is 5.66. The van der Waals surface area contributed by atoms with Gasteiger partial charge in [-0.05, 0) is 23.9 Å². The number of aliphatic hydroxyl groups is 1. The molecule has 16 heavy (non-hydrogen) atoms. The quantitative estimate of drug-likeness (QED) is 0.861. The zero-order chi connectivity index (χ0) is 11.7. The lowest BCUT2D eigenvalue weighted by Gasteiger charge is -2.13. The molecule has 0 aliphatic carbocycles. The maximum atomic E-state index is 10.3. The van der Waals surface area contributed by atoms with E-state index >= 15 is 0 Å². The fraction of sp³-hybridized carbons (Fsp3) is 0.167. The van der Waals surface area contributed by atoms with E-state index in [9.17, 15) is 5.11 Å². The first-order chi connectivity index (χ1) is 7.61. The highest BCUT2D eigenvalue weighted by atomic mass is 79.9. The number of benzene rings is 1. The number of aryl methyl sites for hydroxylation is 1. The molecule has 0 radical (unpaired) electrons. The first-order valence-electron chi connectivity index (χ1n) is 4.77. The fourth-order valence-corrected chi connectivity index (χ4v) is 3.17. The lowest BCUT2D eigenvalue weighted by molar-refractivity contribution is 0.223. The van der Waals surface area contributed by atoms with Crippen LogP contribution in [0, 0.1) is 6.92 Å². The Labute approximate surface area is 112 Å². The van der Waals surface area contributed by atoms with Crippen molar-refractivity contribution in [1.82, 2.24) is 0 Å². The summed E-state index contributed by atoms with van der Waals surface area (Å²) in [6.07, 6.45) is -0.665. The largest absolute Gasteiger partial charge is 0.383 e. The van der Waals surface area contributed by atoms with Crippen LogP contribution in [0.15, 0.2) is 34.1 Å². The van der Waals surface area contributed by atoms with Crippen LogP contribution in [-0.4, -0.2) is 5.11 Å². The van der Waals surface area contributed by atoms with Crippen molar-refractivity contribution in [1.29, 1.82) is 0 Å². The maximum absolute atomic E-state index is 10.3. The Morgan fingerprint density at radius 1 is 1.38 bits per heavy atom. The second kappa shape index (κ2) is 4.88. The Morgan fingerprint density at radius 3 is 2.75 bits per heavy atom. The van der Waals surface area contributed by atoms with Crippen molar-refractivity contribution < 1.29 is 5.11 Å². The van der Waals surface area contributed by atoms with Crippen LogP contribution in [0.3, 0.4) is 0 Å². The minimum Gasteiger partial charge on any atom is -0.383 e. The van der Waals surface area contributed by atoms with E-state index in [0.717, 1.165) is 20.5 Å². The molecule has 0 saturated carbocycles. The van der Waals surface area contributed by atoms with Crippen LogP contribution >= 0.6 is 38.9 Å². The maximum Gasteiger partial charge on any atom is 0.116 e. The molecule has 1 atom stereocenters. The fourth-order valence-electron chi connectivity index (χ4n) is 1.52. The summed E-state index contributed by atoms with van der Waals surface area (Å²) in [5.74, 6) is 0. The predicted molar refractivity (Wildman–Crippen MR) is 72.3 cm³/mol. The van der Waals surface area contributed by atoms with Gasteiger partial charge in [0.2, 0.25) is 0 Å². The number of hydrogen-bond donors (Lipinski definition) is 1. The summed E-state index contributed by atoms with van der Waals surface area (Å²) in [4.78, 5) is 0.785. The van der Waals surface area contributed by atoms with Gasteiger partial charge in [-0.1, -0.05) is 45.7 Å². The van der Waals surface area contributed by atoms with Gasteiger partial charge in [0.05, 0.1) is 9.90 Å². The Bertz CT molecular complexity index is 509. The lowest BCUT2D eigenvalue weighted by atomic mass is 10.1. The summed E-state index contributed by atoms with van der Waals surface area (Å²) < 4.78 is 0.937. The van der Waals surface area contributed by atoms with Crippen LogP contribution < -0.4 is 0 Å². The molecular formula is C12H10BrClOS. The smallest absolute Gasteiger partial charge is 0.116 e. The van der Waals surface area contributed by atoms with E-state index < -0.39 is 6.10 Å². The second-order valence-electron chi connectivity index (χ2n) is 3.51. The first-order valence-corrected chi connectivity index (χ1v) is 6.82. The molecule has 1 aromatic heterocycles. The van der Waals surface area contributed by atoms with E-state index in [1.165, 1.54) is 11.3 Å². The number of aliphatic hydroxyl groups excluding tert-OH is 1.